The topological polar surface area (TPSA) is 50.3 Å². The standard InChI is InChI=1S/C23H21F5N2O2S2/c1-12-7-13(2)9-14(8-12)10-15-11-33-23(29-15)30-5-3-16(4-6-30)34(31,32)22-20(27)18(25)17(24)19(26)21(22)28/h7-9,11,16H,3-6,10H2,1-2H3. The van der Waals surface area contributed by atoms with E-state index in [2.05, 4.69) is 23.2 Å². The van der Waals surface area contributed by atoms with Gasteiger partial charge in [-0.05, 0) is 32.3 Å². The molecule has 3 aromatic rings. The van der Waals surface area contributed by atoms with Crippen molar-refractivity contribution in [3.8, 4) is 0 Å². The Kier molecular flexibility index (Phi) is 6.69. The van der Waals surface area contributed by atoms with Gasteiger partial charge in [0, 0.05) is 24.9 Å². The molecule has 4 nitrogen and oxygen atoms in total. The van der Waals surface area contributed by atoms with Gasteiger partial charge in [0.2, 0.25) is 5.82 Å². The molecule has 0 radical (unpaired) electrons. The van der Waals surface area contributed by atoms with Crippen LogP contribution in [0.1, 0.15) is 35.2 Å². The summed E-state index contributed by atoms with van der Waals surface area (Å²) in [7, 11) is -4.77. The molecule has 182 valence electrons. The van der Waals surface area contributed by atoms with Gasteiger partial charge in [-0.2, -0.15) is 0 Å². The zero-order valence-corrected chi connectivity index (χ0v) is 20.0. The molecule has 0 unspecified atom stereocenters. The minimum absolute atomic E-state index is 0.0339. The molecule has 1 aliphatic rings. The smallest absolute Gasteiger partial charge is 0.200 e. The van der Waals surface area contributed by atoms with E-state index in [1.807, 2.05) is 24.1 Å². The average Bonchev–Trinajstić information content (AvgIpc) is 3.24. The summed E-state index contributed by atoms with van der Waals surface area (Å²) in [6.45, 7) is 4.48. The second-order valence-corrected chi connectivity index (χ2v) is 11.4. The fraction of sp³-hybridized carbons (Fsp3) is 0.348. The number of hydrogen-bond donors (Lipinski definition) is 0. The Balaban J connectivity index is 1.48. The molecule has 0 bridgehead atoms. The highest BCUT2D eigenvalue weighted by molar-refractivity contribution is 7.92. The fourth-order valence-electron chi connectivity index (χ4n) is 4.26. The van der Waals surface area contributed by atoms with Gasteiger partial charge in [0.25, 0.3) is 0 Å². The molecular weight excluding hydrogens is 495 g/mol. The third kappa shape index (κ3) is 4.55. The Morgan fingerprint density at radius 3 is 2.00 bits per heavy atom. The second kappa shape index (κ2) is 9.26. The summed E-state index contributed by atoms with van der Waals surface area (Å²) < 4.78 is 94.2. The van der Waals surface area contributed by atoms with E-state index in [1.165, 1.54) is 11.3 Å². The summed E-state index contributed by atoms with van der Waals surface area (Å²) in [6.07, 6.45) is 0.575. The molecule has 0 saturated carbocycles. The molecule has 2 aromatic carbocycles. The summed E-state index contributed by atoms with van der Waals surface area (Å²) in [5, 5.41) is 1.34. The van der Waals surface area contributed by atoms with Crippen LogP contribution in [0.2, 0.25) is 0 Å². The Morgan fingerprint density at radius 2 is 1.44 bits per heavy atom. The summed E-state index contributed by atoms with van der Waals surface area (Å²) in [5.74, 6) is -11.6. The molecule has 1 aromatic heterocycles. The van der Waals surface area contributed by atoms with Crippen LogP contribution in [-0.2, 0) is 16.3 Å². The van der Waals surface area contributed by atoms with Crippen LogP contribution in [-0.4, -0.2) is 31.7 Å². The molecule has 34 heavy (non-hydrogen) atoms. The van der Waals surface area contributed by atoms with Crippen molar-refractivity contribution in [1.29, 1.82) is 0 Å². The lowest BCUT2D eigenvalue weighted by molar-refractivity contribution is 0.356. The predicted molar refractivity (Wildman–Crippen MR) is 119 cm³/mol. The molecule has 2 heterocycles. The number of piperidine rings is 1. The number of hydrogen-bond acceptors (Lipinski definition) is 5. The van der Waals surface area contributed by atoms with Crippen molar-refractivity contribution in [2.75, 3.05) is 18.0 Å². The van der Waals surface area contributed by atoms with Crippen molar-refractivity contribution in [2.45, 2.75) is 43.3 Å². The number of sulfone groups is 1. The first-order valence-electron chi connectivity index (χ1n) is 10.5. The van der Waals surface area contributed by atoms with E-state index in [4.69, 9.17) is 0 Å². The second-order valence-electron chi connectivity index (χ2n) is 8.42. The van der Waals surface area contributed by atoms with E-state index < -0.39 is 49.1 Å². The SMILES string of the molecule is Cc1cc(C)cc(Cc2csc(N3CCC(S(=O)(=O)c4c(F)c(F)c(F)c(F)c4F)CC3)n2)c1. The number of rotatable bonds is 5. The average molecular weight is 517 g/mol. The zero-order valence-electron chi connectivity index (χ0n) is 18.3. The monoisotopic (exact) mass is 516 g/mol. The molecule has 1 saturated heterocycles. The molecule has 1 aliphatic heterocycles. The number of aromatic nitrogens is 1. The van der Waals surface area contributed by atoms with E-state index >= 15 is 0 Å². The van der Waals surface area contributed by atoms with Crippen LogP contribution in [0.4, 0.5) is 27.1 Å². The molecular formula is C23H21F5N2O2S2. The third-order valence-electron chi connectivity index (χ3n) is 5.81. The van der Waals surface area contributed by atoms with E-state index in [1.54, 1.807) is 0 Å². The van der Waals surface area contributed by atoms with Gasteiger partial charge in [-0.15, -0.1) is 11.3 Å². The predicted octanol–water partition coefficient (Wildman–Crippen LogP) is 5.49. The lowest BCUT2D eigenvalue weighted by atomic mass is 10.0. The largest absolute Gasteiger partial charge is 0.348 e. The lowest BCUT2D eigenvalue weighted by Crippen LogP contribution is -2.40. The Bertz CT molecular complexity index is 1300. The van der Waals surface area contributed by atoms with Gasteiger partial charge in [0.1, 0.15) is 4.90 Å². The molecule has 1 fully saturated rings. The maximum Gasteiger partial charge on any atom is 0.200 e. The minimum Gasteiger partial charge on any atom is -0.348 e. The Labute approximate surface area is 198 Å². The van der Waals surface area contributed by atoms with Crippen molar-refractivity contribution in [2.24, 2.45) is 0 Å². The number of aryl methyl sites for hydroxylation is 2. The van der Waals surface area contributed by atoms with Gasteiger partial charge in [-0.3, -0.25) is 0 Å². The highest BCUT2D eigenvalue weighted by Gasteiger charge is 2.39. The summed E-state index contributed by atoms with van der Waals surface area (Å²) in [4.78, 5) is 4.73. The van der Waals surface area contributed by atoms with Crippen LogP contribution >= 0.6 is 11.3 Å². The Hall–Kier alpha value is -2.53. The first kappa shape index (κ1) is 24.6. The number of nitrogens with zero attached hydrogens (tertiary/aromatic N) is 2. The molecule has 0 spiro atoms. The molecule has 0 N–H and O–H groups in total. The summed E-state index contributed by atoms with van der Waals surface area (Å²) >= 11 is 1.40. The van der Waals surface area contributed by atoms with Gasteiger partial charge in [-0.1, -0.05) is 29.3 Å². The van der Waals surface area contributed by atoms with Crippen LogP contribution in [0.5, 0.6) is 0 Å². The summed E-state index contributed by atoms with van der Waals surface area (Å²) in [5.41, 5.74) is 4.30. The van der Waals surface area contributed by atoms with E-state index in [0.29, 0.717) is 11.6 Å². The van der Waals surface area contributed by atoms with Gasteiger partial charge >= 0.3 is 0 Å². The van der Waals surface area contributed by atoms with Crippen molar-refractivity contribution in [1.82, 2.24) is 4.98 Å². The maximum absolute atomic E-state index is 14.1. The lowest BCUT2D eigenvalue weighted by Gasteiger charge is -2.31. The van der Waals surface area contributed by atoms with E-state index in [-0.39, 0.29) is 25.9 Å². The third-order valence-corrected chi connectivity index (χ3v) is 9.04. The van der Waals surface area contributed by atoms with Crippen LogP contribution in [0.3, 0.4) is 0 Å². The quantitative estimate of drug-likeness (QED) is 0.195. The van der Waals surface area contributed by atoms with Crippen molar-refractivity contribution in [3.05, 3.63) is 75.0 Å². The summed E-state index contributed by atoms with van der Waals surface area (Å²) in [6, 6.07) is 6.25. The fourth-order valence-corrected chi connectivity index (χ4v) is 6.98. The highest BCUT2D eigenvalue weighted by atomic mass is 32.2. The number of anilines is 1. The van der Waals surface area contributed by atoms with Crippen LogP contribution in [0, 0.1) is 42.9 Å². The minimum atomic E-state index is -4.77. The van der Waals surface area contributed by atoms with E-state index in [9.17, 15) is 30.4 Å². The van der Waals surface area contributed by atoms with Gasteiger partial charge in [0.05, 0.1) is 10.9 Å². The van der Waals surface area contributed by atoms with Crippen LogP contribution in [0.25, 0.3) is 0 Å². The number of thiazole rings is 1. The number of benzene rings is 2. The highest BCUT2D eigenvalue weighted by Crippen LogP contribution is 2.34. The number of halogens is 5. The van der Waals surface area contributed by atoms with Crippen molar-refractivity contribution >= 4 is 26.3 Å². The van der Waals surface area contributed by atoms with Gasteiger partial charge in [0.15, 0.2) is 38.2 Å². The van der Waals surface area contributed by atoms with Gasteiger partial charge in [-0.25, -0.2) is 35.4 Å². The first-order valence-corrected chi connectivity index (χ1v) is 12.9. The van der Waals surface area contributed by atoms with Gasteiger partial charge < -0.3 is 4.90 Å². The molecule has 0 aliphatic carbocycles. The van der Waals surface area contributed by atoms with Crippen molar-refractivity contribution < 1.29 is 30.4 Å². The van der Waals surface area contributed by atoms with Crippen LogP contribution < -0.4 is 4.90 Å². The maximum atomic E-state index is 14.1. The Morgan fingerprint density at radius 1 is 0.912 bits per heavy atom. The van der Waals surface area contributed by atoms with E-state index in [0.717, 1.165) is 22.4 Å². The van der Waals surface area contributed by atoms with Crippen LogP contribution in [0.15, 0.2) is 28.5 Å². The molecule has 0 amide bonds. The molecule has 4 rings (SSSR count). The molecule has 11 heteroatoms. The zero-order chi connectivity index (χ0) is 24.8. The molecule has 0 atom stereocenters. The van der Waals surface area contributed by atoms with Crippen molar-refractivity contribution in [3.63, 3.8) is 0 Å². The first-order chi connectivity index (χ1) is 16.0. The normalized spacial score (nSPS) is 15.2.